The zero-order valence-electron chi connectivity index (χ0n) is 10.9. The van der Waals surface area contributed by atoms with Gasteiger partial charge in [0.1, 0.15) is 5.82 Å². The molecule has 0 aliphatic heterocycles. The summed E-state index contributed by atoms with van der Waals surface area (Å²) >= 11 is 3.55. The van der Waals surface area contributed by atoms with Gasteiger partial charge in [0.25, 0.3) is 0 Å². The van der Waals surface area contributed by atoms with Crippen LogP contribution in [0.15, 0.2) is 10.7 Å². The van der Waals surface area contributed by atoms with E-state index in [-0.39, 0.29) is 12.1 Å². The molecular formula is C13H20BrN3O. The number of aromatic nitrogens is 1. The summed E-state index contributed by atoms with van der Waals surface area (Å²) in [6.07, 6.45) is 5.57. The maximum atomic E-state index is 10.1. The quantitative estimate of drug-likeness (QED) is 0.880. The molecule has 2 rings (SSSR count). The molecule has 1 saturated carbocycles. The largest absolute Gasteiger partial charge is 0.397 e. The lowest BCUT2D eigenvalue weighted by molar-refractivity contribution is 0.106. The Kier molecular flexibility index (Phi) is 4.12. The lowest BCUT2D eigenvalue weighted by atomic mass is 9.91. The molecule has 3 N–H and O–H groups in total. The molecule has 5 heteroatoms. The molecule has 1 aliphatic rings. The van der Waals surface area contributed by atoms with Crippen LogP contribution in [-0.4, -0.2) is 29.3 Å². The first kappa shape index (κ1) is 13.6. The summed E-state index contributed by atoms with van der Waals surface area (Å²) in [5.41, 5.74) is 7.52. The predicted octanol–water partition coefficient (Wildman–Crippen LogP) is 2.47. The van der Waals surface area contributed by atoms with Gasteiger partial charge in [-0.2, -0.15) is 0 Å². The number of rotatable bonds is 2. The van der Waals surface area contributed by atoms with Crippen LogP contribution < -0.4 is 10.6 Å². The molecule has 4 nitrogen and oxygen atoms in total. The summed E-state index contributed by atoms with van der Waals surface area (Å²) in [4.78, 5) is 6.46. The van der Waals surface area contributed by atoms with Crippen molar-refractivity contribution in [1.82, 2.24) is 4.98 Å². The monoisotopic (exact) mass is 313 g/mol. The Balaban J connectivity index is 2.28. The molecule has 1 aromatic rings. The highest BCUT2D eigenvalue weighted by molar-refractivity contribution is 9.10. The van der Waals surface area contributed by atoms with Crippen LogP contribution in [0, 0.1) is 6.92 Å². The first-order valence-corrected chi connectivity index (χ1v) is 7.13. The predicted molar refractivity (Wildman–Crippen MR) is 77.8 cm³/mol. The Labute approximate surface area is 116 Å². The average molecular weight is 314 g/mol. The van der Waals surface area contributed by atoms with E-state index in [9.17, 15) is 5.11 Å². The van der Waals surface area contributed by atoms with Gasteiger partial charge in [-0.05, 0) is 41.3 Å². The van der Waals surface area contributed by atoms with Gasteiger partial charge in [0.2, 0.25) is 0 Å². The Morgan fingerprint density at radius 2 is 2.11 bits per heavy atom. The van der Waals surface area contributed by atoms with Gasteiger partial charge in [0.05, 0.1) is 28.5 Å². The van der Waals surface area contributed by atoms with Crippen molar-refractivity contribution in [3.8, 4) is 0 Å². The minimum absolute atomic E-state index is 0.144. The van der Waals surface area contributed by atoms with Gasteiger partial charge in [-0.25, -0.2) is 4.98 Å². The van der Waals surface area contributed by atoms with Crippen molar-refractivity contribution in [3.63, 3.8) is 0 Å². The Hall–Kier alpha value is -0.810. The maximum absolute atomic E-state index is 10.1. The van der Waals surface area contributed by atoms with Crippen molar-refractivity contribution < 1.29 is 5.11 Å². The highest BCUT2D eigenvalue weighted by Gasteiger charge is 2.28. The van der Waals surface area contributed by atoms with Gasteiger partial charge in [-0.3, -0.25) is 0 Å². The van der Waals surface area contributed by atoms with Crippen LogP contribution in [0.25, 0.3) is 0 Å². The molecular weight excluding hydrogens is 294 g/mol. The molecule has 18 heavy (non-hydrogen) atoms. The molecule has 0 radical (unpaired) electrons. The van der Waals surface area contributed by atoms with E-state index in [0.717, 1.165) is 41.5 Å². The molecule has 0 bridgehead atoms. The summed E-state index contributed by atoms with van der Waals surface area (Å²) in [7, 11) is 1.99. The molecule has 0 aromatic carbocycles. The number of nitrogens with two attached hydrogens (primary N) is 1. The third-order valence-electron chi connectivity index (χ3n) is 3.81. The van der Waals surface area contributed by atoms with Crippen LogP contribution in [-0.2, 0) is 0 Å². The van der Waals surface area contributed by atoms with E-state index in [0.29, 0.717) is 5.69 Å². The van der Waals surface area contributed by atoms with Crippen molar-refractivity contribution in [2.24, 2.45) is 0 Å². The maximum Gasteiger partial charge on any atom is 0.143 e. The lowest BCUT2D eigenvalue weighted by Gasteiger charge is -2.36. The van der Waals surface area contributed by atoms with Crippen molar-refractivity contribution in [2.75, 3.05) is 17.7 Å². The van der Waals surface area contributed by atoms with E-state index in [1.54, 1.807) is 6.20 Å². The topological polar surface area (TPSA) is 62.4 Å². The molecule has 1 heterocycles. The minimum atomic E-state index is -0.268. The molecule has 1 aliphatic carbocycles. The molecule has 0 saturated heterocycles. The fourth-order valence-corrected chi connectivity index (χ4v) is 3.14. The number of pyridine rings is 1. The van der Waals surface area contributed by atoms with E-state index in [1.165, 1.54) is 0 Å². The van der Waals surface area contributed by atoms with E-state index in [4.69, 9.17) is 5.73 Å². The van der Waals surface area contributed by atoms with Crippen LogP contribution in [0.4, 0.5) is 11.5 Å². The standard InChI is InChI=1S/C13H20BrN3O/c1-8-9(15)7-16-13(12(8)14)17(2)10-5-3-4-6-11(10)18/h7,10-11,18H,3-6,15H2,1-2H3. The molecule has 2 atom stereocenters. The normalized spacial score (nSPS) is 24.0. The smallest absolute Gasteiger partial charge is 0.143 e. The van der Waals surface area contributed by atoms with Crippen LogP contribution in [0.5, 0.6) is 0 Å². The number of nitrogen functional groups attached to an aromatic ring is 1. The minimum Gasteiger partial charge on any atom is -0.397 e. The second kappa shape index (κ2) is 5.45. The fraction of sp³-hybridized carbons (Fsp3) is 0.615. The van der Waals surface area contributed by atoms with E-state index >= 15 is 0 Å². The molecule has 0 spiro atoms. The van der Waals surface area contributed by atoms with Gasteiger partial charge < -0.3 is 15.7 Å². The highest BCUT2D eigenvalue weighted by Crippen LogP contribution is 2.33. The van der Waals surface area contributed by atoms with Gasteiger partial charge in [0.15, 0.2) is 0 Å². The van der Waals surface area contributed by atoms with Crippen molar-refractivity contribution in [1.29, 1.82) is 0 Å². The Morgan fingerprint density at radius 1 is 1.44 bits per heavy atom. The number of hydrogen-bond acceptors (Lipinski definition) is 4. The number of halogens is 1. The first-order chi connectivity index (χ1) is 8.52. The van der Waals surface area contributed by atoms with Gasteiger partial charge in [0, 0.05) is 7.05 Å². The molecule has 100 valence electrons. The van der Waals surface area contributed by atoms with Gasteiger partial charge in [-0.15, -0.1) is 0 Å². The zero-order chi connectivity index (χ0) is 13.3. The second-order valence-corrected chi connectivity index (χ2v) is 5.80. The lowest BCUT2D eigenvalue weighted by Crippen LogP contribution is -2.44. The summed E-state index contributed by atoms with van der Waals surface area (Å²) in [5.74, 6) is 0.854. The van der Waals surface area contributed by atoms with Gasteiger partial charge in [-0.1, -0.05) is 12.8 Å². The summed E-state index contributed by atoms with van der Waals surface area (Å²) in [5, 5.41) is 10.1. The third kappa shape index (κ3) is 2.47. The SMILES string of the molecule is Cc1c(N)cnc(N(C)C2CCCCC2O)c1Br. The van der Waals surface area contributed by atoms with Crippen LogP contribution >= 0.6 is 15.9 Å². The number of nitrogens with zero attached hydrogens (tertiary/aromatic N) is 2. The number of hydrogen-bond donors (Lipinski definition) is 2. The number of anilines is 2. The highest BCUT2D eigenvalue weighted by atomic mass is 79.9. The Morgan fingerprint density at radius 3 is 2.78 bits per heavy atom. The van der Waals surface area contributed by atoms with Crippen LogP contribution in [0.1, 0.15) is 31.2 Å². The van der Waals surface area contributed by atoms with Crippen molar-refractivity contribution >= 4 is 27.4 Å². The molecule has 2 unspecified atom stereocenters. The second-order valence-electron chi connectivity index (χ2n) is 5.01. The van der Waals surface area contributed by atoms with E-state index in [2.05, 4.69) is 25.8 Å². The van der Waals surface area contributed by atoms with Crippen molar-refractivity contribution in [2.45, 2.75) is 44.8 Å². The van der Waals surface area contributed by atoms with Crippen LogP contribution in [0.3, 0.4) is 0 Å². The molecule has 1 fully saturated rings. The average Bonchev–Trinajstić information content (AvgIpc) is 2.36. The summed E-state index contributed by atoms with van der Waals surface area (Å²) < 4.78 is 0.919. The number of aliphatic hydroxyl groups excluding tert-OH is 1. The third-order valence-corrected chi connectivity index (χ3v) is 4.76. The van der Waals surface area contributed by atoms with Crippen LogP contribution in [0.2, 0.25) is 0 Å². The Bertz CT molecular complexity index is 438. The van der Waals surface area contributed by atoms with E-state index < -0.39 is 0 Å². The number of likely N-dealkylation sites (N-methyl/N-ethyl adjacent to an activating group) is 1. The summed E-state index contributed by atoms with van der Waals surface area (Å²) in [6.45, 7) is 1.97. The first-order valence-electron chi connectivity index (χ1n) is 6.34. The van der Waals surface area contributed by atoms with Gasteiger partial charge >= 0.3 is 0 Å². The number of aliphatic hydroxyl groups is 1. The van der Waals surface area contributed by atoms with E-state index in [1.807, 2.05) is 14.0 Å². The summed E-state index contributed by atoms with van der Waals surface area (Å²) in [6, 6.07) is 0.144. The zero-order valence-corrected chi connectivity index (χ0v) is 12.4. The molecule has 0 amide bonds. The van der Waals surface area contributed by atoms with Crippen molar-refractivity contribution in [3.05, 3.63) is 16.2 Å². The molecule has 1 aromatic heterocycles. The fourth-order valence-electron chi connectivity index (χ4n) is 2.53.